The quantitative estimate of drug-likeness (QED) is 0.742. The van der Waals surface area contributed by atoms with E-state index in [1.807, 2.05) is 24.1 Å². The van der Waals surface area contributed by atoms with Gasteiger partial charge in [0.1, 0.15) is 0 Å². The van der Waals surface area contributed by atoms with E-state index in [9.17, 15) is 10.2 Å². The average Bonchev–Trinajstić information content (AvgIpc) is 2.36. The standard InChI is InChI=1S/C14H21BrClNO3/c1-17(8-11(18)9-20-2)6-5-14(19)12-4-3-10(15)7-13(12)16/h3-4,7,11,14,18-19H,5-6,8-9H2,1-2H3. The van der Waals surface area contributed by atoms with E-state index < -0.39 is 12.2 Å². The summed E-state index contributed by atoms with van der Waals surface area (Å²) in [5.74, 6) is 0. The van der Waals surface area contributed by atoms with E-state index in [4.69, 9.17) is 16.3 Å². The highest BCUT2D eigenvalue weighted by Gasteiger charge is 2.14. The first-order valence-electron chi connectivity index (χ1n) is 6.42. The van der Waals surface area contributed by atoms with E-state index in [2.05, 4.69) is 15.9 Å². The third-order valence-electron chi connectivity index (χ3n) is 2.99. The highest BCUT2D eigenvalue weighted by molar-refractivity contribution is 9.10. The maximum Gasteiger partial charge on any atom is 0.0899 e. The molecule has 6 heteroatoms. The number of nitrogens with zero attached hydrogens (tertiary/aromatic N) is 1. The molecule has 1 aromatic carbocycles. The molecule has 0 aliphatic rings. The number of aliphatic hydroxyl groups excluding tert-OH is 2. The minimum atomic E-state index is -0.613. The van der Waals surface area contributed by atoms with Gasteiger partial charge in [0.15, 0.2) is 0 Å². The summed E-state index contributed by atoms with van der Waals surface area (Å²) in [6.45, 7) is 1.48. The lowest BCUT2D eigenvalue weighted by Gasteiger charge is -2.22. The second-order valence-electron chi connectivity index (χ2n) is 4.84. The van der Waals surface area contributed by atoms with E-state index in [0.29, 0.717) is 31.1 Å². The molecule has 1 aromatic rings. The SMILES string of the molecule is COCC(O)CN(C)CCC(O)c1ccc(Br)cc1Cl. The van der Waals surface area contributed by atoms with E-state index in [0.717, 1.165) is 10.0 Å². The van der Waals surface area contributed by atoms with Gasteiger partial charge >= 0.3 is 0 Å². The molecule has 2 unspecified atom stereocenters. The van der Waals surface area contributed by atoms with Gasteiger partial charge in [-0.25, -0.2) is 0 Å². The number of rotatable bonds is 8. The topological polar surface area (TPSA) is 52.9 Å². The van der Waals surface area contributed by atoms with Crippen molar-refractivity contribution in [2.45, 2.75) is 18.6 Å². The monoisotopic (exact) mass is 365 g/mol. The van der Waals surface area contributed by atoms with Crippen LogP contribution in [0.2, 0.25) is 5.02 Å². The van der Waals surface area contributed by atoms with Crippen LogP contribution >= 0.6 is 27.5 Å². The molecule has 2 atom stereocenters. The lowest BCUT2D eigenvalue weighted by molar-refractivity contribution is 0.0398. The summed E-state index contributed by atoms with van der Waals surface area (Å²) in [7, 11) is 3.46. The van der Waals surface area contributed by atoms with Crippen molar-refractivity contribution in [3.8, 4) is 0 Å². The van der Waals surface area contributed by atoms with E-state index in [1.54, 1.807) is 13.2 Å². The van der Waals surface area contributed by atoms with Crippen molar-refractivity contribution < 1.29 is 14.9 Å². The highest BCUT2D eigenvalue weighted by atomic mass is 79.9. The Morgan fingerprint density at radius 1 is 1.40 bits per heavy atom. The number of ether oxygens (including phenoxy) is 1. The molecular formula is C14H21BrClNO3. The van der Waals surface area contributed by atoms with Crippen molar-refractivity contribution in [2.75, 3.05) is 33.9 Å². The number of likely N-dealkylation sites (N-methyl/N-ethyl adjacent to an activating group) is 1. The van der Waals surface area contributed by atoms with Crippen molar-refractivity contribution in [1.82, 2.24) is 4.90 Å². The van der Waals surface area contributed by atoms with Gasteiger partial charge in [-0.1, -0.05) is 33.6 Å². The number of hydrogen-bond donors (Lipinski definition) is 2. The summed E-state index contributed by atoms with van der Waals surface area (Å²) in [4.78, 5) is 1.96. The first-order valence-corrected chi connectivity index (χ1v) is 7.59. The van der Waals surface area contributed by atoms with Gasteiger partial charge in [-0.3, -0.25) is 0 Å². The summed E-state index contributed by atoms with van der Waals surface area (Å²) in [5, 5.41) is 20.3. The van der Waals surface area contributed by atoms with Crippen LogP contribution in [0.5, 0.6) is 0 Å². The van der Waals surface area contributed by atoms with Crippen LogP contribution in [0.15, 0.2) is 22.7 Å². The Bertz CT molecular complexity index is 419. The van der Waals surface area contributed by atoms with Crippen LogP contribution in [0.25, 0.3) is 0 Å². The highest BCUT2D eigenvalue weighted by Crippen LogP contribution is 2.28. The molecule has 4 nitrogen and oxygen atoms in total. The zero-order valence-corrected chi connectivity index (χ0v) is 14.1. The molecule has 0 fully saturated rings. The maximum atomic E-state index is 10.2. The molecule has 2 N–H and O–H groups in total. The third kappa shape index (κ3) is 6.08. The zero-order valence-electron chi connectivity index (χ0n) is 11.7. The molecule has 0 saturated carbocycles. The number of aliphatic hydroxyl groups is 2. The van der Waals surface area contributed by atoms with Crippen molar-refractivity contribution in [2.24, 2.45) is 0 Å². The number of methoxy groups -OCH3 is 1. The van der Waals surface area contributed by atoms with E-state index in [-0.39, 0.29) is 0 Å². The number of benzene rings is 1. The predicted molar refractivity (Wildman–Crippen MR) is 84.1 cm³/mol. The molecule has 0 radical (unpaired) electrons. The van der Waals surface area contributed by atoms with Crippen LogP contribution in [-0.4, -0.2) is 55.1 Å². The van der Waals surface area contributed by atoms with Gasteiger partial charge in [-0.05, 0) is 31.2 Å². The second-order valence-corrected chi connectivity index (χ2v) is 6.16. The van der Waals surface area contributed by atoms with Crippen LogP contribution in [0.4, 0.5) is 0 Å². The minimum Gasteiger partial charge on any atom is -0.389 e. The predicted octanol–water partition coefficient (Wildman–Crippen LogP) is 2.47. The van der Waals surface area contributed by atoms with Crippen molar-refractivity contribution in [3.63, 3.8) is 0 Å². The Hall–Kier alpha value is -0.170. The first kappa shape index (κ1) is 17.9. The van der Waals surface area contributed by atoms with Gasteiger partial charge in [0.05, 0.1) is 18.8 Å². The lowest BCUT2D eigenvalue weighted by Crippen LogP contribution is -2.33. The van der Waals surface area contributed by atoms with Gasteiger partial charge in [0.2, 0.25) is 0 Å². The average molecular weight is 367 g/mol. The summed E-state index contributed by atoms with van der Waals surface area (Å²) < 4.78 is 5.77. The summed E-state index contributed by atoms with van der Waals surface area (Å²) in [6.07, 6.45) is -0.576. The third-order valence-corrected chi connectivity index (χ3v) is 3.81. The van der Waals surface area contributed by atoms with Gasteiger partial charge in [-0.15, -0.1) is 0 Å². The molecule has 0 aromatic heterocycles. The molecule has 0 heterocycles. The second kappa shape index (κ2) is 8.97. The van der Waals surface area contributed by atoms with Crippen molar-refractivity contribution in [1.29, 1.82) is 0 Å². The van der Waals surface area contributed by atoms with Crippen LogP contribution in [0.1, 0.15) is 18.1 Å². The Balaban J connectivity index is 2.44. The van der Waals surface area contributed by atoms with Gasteiger partial charge < -0.3 is 19.8 Å². The molecule has 0 bridgehead atoms. The molecule has 0 aliphatic heterocycles. The molecule has 0 aliphatic carbocycles. The largest absolute Gasteiger partial charge is 0.389 e. The molecule has 1 rings (SSSR count). The van der Waals surface area contributed by atoms with Crippen LogP contribution in [0.3, 0.4) is 0 Å². The van der Waals surface area contributed by atoms with E-state index in [1.165, 1.54) is 0 Å². The lowest BCUT2D eigenvalue weighted by atomic mass is 10.1. The Morgan fingerprint density at radius 2 is 2.10 bits per heavy atom. The van der Waals surface area contributed by atoms with E-state index >= 15 is 0 Å². The zero-order chi connectivity index (χ0) is 15.1. The molecule has 0 saturated heterocycles. The maximum absolute atomic E-state index is 10.2. The number of hydrogen-bond acceptors (Lipinski definition) is 4. The molecular weight excluding hydrogens is 346 g/mol. The normalized spacial score (nSPS) is 14.6. The van der Waals surface area contributed by atoms with Gasteiger partial charge in [-0.2, -0.15) is 0 Å². The van der Waals surface area contributed by atoms with Crippen LogP contribution < -0.4 is 0 Å². The fourth-order valence-corrected chi connectivity index (χ4v) is 2.77. The summed E-state index contributed by atoms with van der Waals surface area (Å²) in [6, 6.07) is 5.44. The fourth-order valence-electron chi connectivity index (χ4n) is 1.97. The first-order chi connectivity index (χ1) is 9.43. The number of halogens is 2. The molecule has 114 valence electrons. The minimum absolute atomic E-state index is 0.311. The van der Waals surface area contributed by atoms with Gasteiger partial charge in [0, 0.05) is 29.7 Å². The van der Waals surface area contributed by atoms with Gasteiger partial charge in [0.25, 0.3) is 0 Å². The van der Waals surface area contributed by atoms with Crippen molar-refractivity contribution >= 4 is 27.5 Å². The van der Waals surface area contributed by atoms with Crippen LogP contribution in [0, 0.1) is 0 Å². The smallest absolute Gasteiger partial charge is 0.0899 e. The Kier molecular flexibility index (Phi) is 8.02. The van der Waals surface area contributed by atoms with Crippen molar-refractivity contribution in [3.05, 3.63) is 33.3 Å². The fraction of sp³-hybridized carbons (Fsp3) is 0.571. The molecule has 0 spiro atoms. The summed E-state index contributed by atoms with van der Waals surface area (Å²) in [5.41, 5.74) is 0.723. The van der Waals surface area contributed by atoms with Crippen LogP contribution in [-0.2, 0) is 4.74 Å². The summed E-state index contributed by atoms with van der Waals surface area (Å²) >= 11 is 9.44. The Labute approximate surface area is 133 Å². The molecule has 0 amide bonds. The Morgan fingerprint density at radius 3 is 2.70 bits per heavy atom. The molecule has 20 heavy (non-hydrogen) atoms.